The Hall–Kier alpha value is -0.260. The van der Waals surface area contributed by atoms with Crippen molar-refractivity contribution in [3.05, 3.63) is 0 Å². The maximum Gasteiger partial charge on any atom is 0.107 e. The van der Waals surface area contributed by atoms with Crippen molar-refractivity contribution in [2.24, 2.45) is 0 Å². The van der Waals surface area contributed by atoms with Gasteiger partial charge in [0.2, 0.25) is 0 Å². The first-order chi connectivity index (χ1) is 5.33. The van der Waals surface area contributed by atoms with Crippen molar-refractivity contribution in [1.82, 2.24) is 5.32 Å². The van der Waals surface area contributed by atoms with E-state index in [2.05, 4.69) is 11.4 Å². The molecule has 1 aliphatic heterocycles. The molecule has 62 valence electrons. The zero-order valence-electron chi connectivity index (χ0n) is 6.57. The summed E-state index contributed by atoms with van der Waals surface area (Å²) in [4.78, 5) is 0. The molecule has 1 fully saturated rings. The maximum atomic E-state index is 8.90. The van der Waals surface area contributed by atoms with Crippen LogP contribution in [0.2, 0.25) is 0 Å². The smallest absolute Gasteiger partial charge is 0.107 e. The average molecular weight is 173 g/mol. The van der Waals surface area contributed by atoms with Crippen LogP contribution in [0.25, 0.3) is 0 Å². The lowest BCUT2D eigenvalue weighted by Gasteiger charge is -2.31. The van der Waals surface area contributed by atoms with Crippen LogP contribution in [0.1, 0.15) is 25.7 Å². The van der Waals surface area contributed by atoms with Crippen molar-refractivity contribution in [3.8, 4) is 6.07 Å². The molecule has 1 saturated heterocycles. The van der Waals surface area contributed by atoms with Gasteiger partial charge in [0, 0.05) is 5.88 Å². The summed E-state index contributed by atoms with van der Waals surface area (Å²) in [6, 6.07) is 2.32. The Labute approximate surface area is 72.5 Å². The standard InChI is InChI=1S/C8H13ClN2/c9-5-4-8(7-10)3-1-2-6-11-8/h11H,1-6H2. The van der Waals surface area contributed by atoms with Crippen LogP contribution in [-0.2, 0) is 0 Å². The van der Waals surface area contributed by atoms with E-state index in [1.807, 2.05) is 0 Å². The Morgan fingerprint density at radius 2 is 2.36 bits per heavy atom. The molecule has 0 aromatic heterocycles. The first-order valence-electron chi connectivity index (χ1n) is 4.05. The molecule has 0 bridgehead atoms. The minimum Gasteiger partial charge on any atom is -0.299 e. The minimum absolute atomic E-state index is 0.306. The monoisotopic (exact) mass is 172 g/mol. The van der Waals surface area contributed by atoms with Crippen LogP contribution in [-0.4, -0.2) is 18.0 Å². The van der Waals surface area contributed by atoms with E-state index >= 15 is 0 Å². The number of nitrogens with zero attached hydrogens (tertiary/aromatic N) is 1. The van der Waals surface area contributed by atoms with Gasteiger partial charge in [-0.2, -0.15) is 5.26 Å². The molecule has 1 N–H and O–H groups in total. The van der Waals surface area contributed by atoms with Crippen LogP contribution in [0, 0.1) is 11.3 Å². The average Bonchev–Trinajstić information content (AvgIpc) is 2.07. The predicted molar refractivity (Wildman–Crippen MR) is 45.5 cm³/mol. The van der Waals surface area contributed by atoms with E-state index in [9.17, 15) is 0 Å². The van der Waals surface area contributed by atoms with Crippen LogP contribution in [0.15, 0.2) is 0 Å². The van der Waals surface area contributed by atoms with E-state index < -0.39 is 0 Å². The molecule has 1 unspecified atom stereocenters. The summed E-state index contributed by atoms with van der Waals surface area (Å²) in [5, 5.41) is 12.1. The summed E-state index contributed by atoms with van der Waals surface area (Å²) in [6.45, 7) is 0.963. The third kappa shape index (κ3) is 2.08. The van der Waals surface area contributed by atoms with E-state index in [-0.39, 0.29) is 5.54 Å². The summed E-state index contributed by atoms with van der Waals surface area (Å²) in [7, 11) is 0. The molecule has 1 heterocycles. The first-order valence-corrected chi connectivity index (χ1v) is 4.59. The Kier molecular flexibility index (Phi) is 3.16. The van der Waals surface area contributed by atoms with Crippen molar-refractivity contribution in [2.75, 3.05) is 12.4 Å². The Balaban J connectivity index is 2.51. The van der Waals surface area contributed by atoms with Gasteiger partial charge in [-0.15, -0.1) is 11.6 Å². The van der Waals surface area contributed by atoms with E-state index in [0.717, 1.165) is 25.8 Å². The normalized spacial score (nSPS) is 31.3. The minimum atomic E-state index is -0.306. The van der Waals surface area contributed by atoms with Crippen LogP contribution < -0.4 is 5.32 Å². The highest BCUT2D eigenvalue weighted by Gasteiger charge is 2.30. The second-order valence-corrected chi connectivity index (χ2v) is 3.39. The molecule has 1 aliphatic rings. The number of alkyl halides is 1. The zero-order chi connectivity index (χ0) is 8.16. The Morgan fingerprint density at radius 1 is 1.55 bits per heavy atom. The van der Waals surface area contributed by atoms with Gasteiger partial charge in [-0.1, -0.05) is 0 Å². The van der Waals surface area contributed by atoms with Gasteiger partial charge >= 0.3 is 0 Å². The fourth-order valence-corrected chi connectivity index (χ4v) is 1.82. The number of nitriles is 1. The van der Waals surface area contributed by atoms with Gasteiger partial charge in [-0.25, -0.2) is 0 Å². The molecule has 0 aromatic carbocycles. The third-order valence-electron chi connectivity index (χ3n) is 2.23. The maximum absolute atomic E-state index is 8.90. The van der Waals surface area contributed by atoms with Gasteiger partial charge in [0.1, 0.15) is 5.54 Å². The molecule has 0 aromatic rings. The highest BCUT2D eigenvalue weighted by molar-refractivity contribution is 6.17. The molecule has 11 heavy (non-hydrogen) atoms. The summed E-state index contributed by atoms with van der Waals surface area (Å²) < 4.78 is 0. The van der Waals surface area contributed by atoms with Crippen molar-refractivity contribution in [1.29, 1.82) is 5.26 Å². The van der Waals surface area contributed by atoms with Crippen LogP contribution in [0.3, 0.4) is 0 Å². The van der Waals surface area contributed by atoms with Crippen molar-refractivity contribution in [2.45, 2.75) is 31.2 Å². The summed E-state index contributed by atoms with van der Waals surface area (Å²) >= 11 is 5.61. The molecule has 0 amide bonds. The molecule has 1 atom stereocenters. The molecule has 2 nitrogen and oxygen atoms in total. The quantitative estimate of drug-likeness (QED) is 0.643. The highest BCUT2D eigenvalue weighted by atomic mass is 35.5. The summed E-state index contributed by atoms with van der Waals surface area (Å²) in [5.74, 6) is 0.570. The fraction of sp³-hybridized carbons (Fsp3) is 0.875. The summed E-state index contributed by atoms with van der Waals surface area (Å²) in [5.41, 5.74) is -0.306. The van der Waals surface area contributed by atoms with Gasteiger partial charge in [-0.3, -0.25) is 5.32 Å². The number of nitrogens with one attached hydrogen (secondary N) is 1. The van der Waals surface area contributed by atoms with Crippen molar-refractivity contribution in [3.63, 3.8) is 0 Å². The number of hydrogen-bond donors (Lipinski definition) is 1. The Bertz CT molecular complexity index is 150. The first kappa shape index (κ1) is 8.83. The predicted octanol–water partition coefficient (Wildman–Crippen LogP) is 1.65. The van der Waals surface area contributed by atoms with E-state index in [1.54, 1.807) is 0 Å². The van der Waals surface area contributed by atoms with Gasteiger partial charge in [0.25, 0.3) is 0 Å². The van der Waals surface area contributed by atoms with Crippen molar-refractivity contribution >= 4 is 11.6 Å². The molecule has 0 spiro atoms. The number of hydrogen-bond acceptors (Lipinski definition) is 2. The Morgan fingerprint density at radius 3 is 2.82 bits per heavy atom. The molecular formula is C8H13ClN2. The van der Waals surface area contributed by atoms with Gasteiger partial charge in [0.05, 0.1) is 6.07 Å². The van der Waals surface area contributed by atoms with Gasteiger partial charge in [-0.05, 0) is 32.2 Å². The second-order valence-electron chi connectivity index (χ2n) is 3.02. The fourth-order valence-electron chi connectivity index (χ4n) is 1.49. The molecule has 3 heteroatoms. The largest absolute Gasteiger partial charge is 0.299 e. The lowest BCUT2D eigenvalue weighted by Crippen LogP contribution is -2.47. The van der Waals surface area contributed by atoms with Crippen LogP contribution in [0.4, 0.5) is 0 Å². The van der Waals surface area contributed by atoms with Crippen LogP contribution >= 0.6 is 11.6 Å². The highest BCUT2D eigenvalue weighted by Crippen LogP contribution is 2.22. The van der Waals surface area contributed by atoms with Gasteiger partial charge < -0.3 is 0 Å². The molecule has 1 rings (SSSR count). The second kappa shape index (κ2) is 3.94. The van der Waals surface area contributed by atoms with E-state index in [0.29, 0.717) is 5.88 Å². The lowest BCUT2D eigenvalue weighted by atomic mass is 9.88. The SMILES string of the molecule is N#CC1(CCCl)CCCCN1. The van der Waals surface area contributed by atoms with Crippen molar-refractivity contribution < 1.29 is 0 Å². The topological polar surface area (TPSA) is 35.8 Å². The third-order valence-corrected chi connectivity index (χ3v) is 2.42. The molecule has 0 saturated carbocycles. The molecular weight excluding hydrogens is 160 g/mol. The summed E-state index contributed by atoms with van der Waals surface area (Å²) in [6.07, 6.45) is 4.06. The van der Waals surface area contributed by atoms with Crippen LogP contribution in [0.5, 0.6) is 0 Å². The molecule has 0 aliphatic carbocycles. The number of piperidine rings is 1. The van der Waals surface area contributed by atoms with Gasteiger partial charge in [0.15, 0.2) is 0 Å². The lowest BCUT2D eigenvalue weighted by molar-refractivity contribution is 0.316. The van der Waals surface area contributed by atoms with E-state index in [4.69, 9.17) is 16.9 Å². The van der Waals surface area contributed by atoms with E-state index in [1.165, 1.54) is 6.42 Å². The number of halogens is 1. The number of rotatable bonds is 2. The zero-order valence-corrected chi connectivity index (χ0v) is 7.32. The molecule has 0 radical (unpaired) electrons.